The third kappa shape index (κ3) is 5.03. The lowest BCUT2D eigenvalue weighted by molar-refractivity contribution is -0.118. The van der Waals surface area contributed by atoms with Gasteiger partial charge in [0.25, 0.3) is 11.8 Å². The Labute approximate surface area is 157 Å². The zero-order chi connectivity index (χ0) is 18.4. The van der Waals surface area contributed by atoms with E-state index in [1.54, 1.807) is 18.2 Å². The third-order valence-corrected chi connectivity index (χ3v) is 4.94. The average molecular weight is 370 g/mol. The summed E-state index contributed by atoms with van der Waals surface area (Å²) >= 11 is 1.51. The van der Waals surface area contributed by atoms with E-state index in [0.29, 0.717) is 12.1 Å². The van der Waals surface area contributed by atoms with Crippen LogP contribution in [0.3, 0.4) is 0 Å². The summed E-state index contributed by atoms with van der Waals surface area (Å²) in [6, 6.07) is 11.1. The van der Waals surface area contributed by atoms with Crippen LogP contribution in [-0.4, -0.2) is 31.1 Å². The fourth-order valence-electron chi connectivity index (χ4n) is 2.76. The number of ether oxygens (including phenoxy) is 1. The predicted molar refractivity (Wildman–Crippen MR) is 103 cm³/mol. The number of carbonyl (C=O) groups is 2. The summed E-state index contributed by atoms with van der Waals surface area (Å²) in [5.74, 6) is -0.612. The Balaban J connectivity index is 1.72. The highest BCUT2D eigenvalue weighted by atomic mass is 32.1. The summed E-state index contributed by atoms with van der Waals surface area (Å²) in [6.07, 6.45) is 3.71. The molecule has 26 heavy (non-hydrogen) atoms. The molecule has 1 unspecified atom stereocenters. The summed E-state index contributed by atoms with van der Waals surface area (Å²) in [7, 11) is 0. The van der Waals surface area contributed by atoms with E-state index in [1.165, 1.54) is 11.3 Å². The second-order valence-corrected chi connectivity index (χ2v) is 7.22. The highest BCUT2D eigenvalue weighted by molar-refractivity contribution is 7.10. The summed E-state index contributed by atoms with van der Waals surface area (Å²) in [5.41, 5.74) is 1.75. The van der Waals surface area contributed by atoms with Crippen molar-refractivity contribution < 1.29 is 14.3 Å². The summed E-state index contributed by atoms with van der Waals surface area (Å²) < 4.78 is 5.53. The van der Waals surface area contributed by atoms with Gasteiger partial charge in [0.05, 0.1) is 6.10 Å². The number of hydrogen-bond donors (Lipinski definition) is 2. The van der Waals surface area contributed by atoms with Crippen LogP contribution >= 0.6 is 11.3 Å². The van der Waals surface area contributed by atoms with Crippen molar-refractivity contribution in [3.05, 3.63) is 63.5 Å². The fraction of sp³-hybridized carbons (Fsp3) is 0.300. The zero-order valence-electron chi connectivity index (χ0n) is 14.7. The van der Waals surface area contributed by atoms with Crippen LogP contribution in [-0.2, 0) is 9.53 Å². The molecule has 0 radical (unpaired) electrons. The van der Waals surface area contributed by atoms with Crippen LogP contribution in [0.15, 0.2) is 47.5 Å². The molecule has 1 aromatic carbocycles. The van der Waals surface area contributed by atoms with Crippen LogP contribution in [0.5, 0.6) is 0 Å². The van der Waals surface area contributed by atoms with Gasteiger partial charge in [0.2, 0.25) is 0 Å². The third-order valence-electron chi connectivity index (χ3n) is 4.12. The van der Waals surface area contributed by atoms with Crippen LogP contribution in [0, 0.1) is 6.92 Å². The van der Waals surface area contributed by atoms with Gasteiger partial charge in [0.1, 0.15) is 5.70 Å². The van der Waals surface area contributed by atoms with E-state index in [0.717, 1.165) is 29.9 Å². The van der Waals surface area contributed by atoms with Gasteiger partial charge in [-0.05, 0) is 49.4 Å². The van der Waals surface area contributed by atoms with Gasteiger partial charge in [-0.2, -0.15) is 0 Å². The maximum absolute atomic E-state index is 12.6. The van der Waals surface area contributed by atoms with E-state index < -0.39 is 0 Å². The Morgan fingerprint density at radius 2 is 2.19 bits per heavy atom. The van der Waals surface area contributed by atoms with Crippen molar-refractivity contribution in [2.24, 2.45) is 0 Å². The van der Waals surface area contributed by atoms with Crippen molar-refractivity contribution in [1.29, 1.82) is 0 Å². The SMILES string of the molecule is Cc1cccc(C(=O)N/C(=C\c2cccs2)C(=O)NCC2CCCO2)c1. The quantitative estimate of drug-likeness (QED) is 0.768. The lowest BCUT2D eigenvalue weighted by Gasteiger charge is -2.14. The number of hydrogen-bond acceptors (Lipinski definition) is 4. The van der Waals surface area contributed by atoms with Crippen molar-refractivity contribution in [2.45, 2.75) is 25.9 Å². The van der Waals surface area contributed by atoms with Crippen LogP contribution in [0.25, 0.3) is 6.08 Å². The highest BCUT2D eigenvalue weighted by Crippen LogP contribution is 2.14. The summed E-state index contributed by atoms with van der Waals surface area (Å²) in [5, 5.41) is 7.54. The second-order valence-electron chi connectivity index (χ2n) is 6.24. The molecule has 0 aliphatic carbocycles. The smallest absolute Gasteiger partial charge is 0.267 e. The molecule has 5 nitrogen and oxygen atoms in total. The minimum Gasteiger partial charge on any atom is -0.376 e. The molecule has 2 N–H and O–H groups in total. The van der Waals surface area contributed by atoms with E-state index >= 15 is 0 Å². The fourth-order valence-corrected chi connectivity index (χ4v) is 3.42. The number of rotatable bonds is 6. The minimum absolute atomic E-state index is 0.0504. The van der Waals surface area contributed by atoms with Crippen molar-refractivity contribution in [1.82, 2.24) is 10.6 Å². The van der Waals surface area contributed by atoms with Gasteiger partial charge in [-0.1, -0.05) is 23.8 Å². The molecular formula is C20H22N2O3S. The number of carbonyl (C=O) groups excluding carboxylic acids is 2. The van der Waals surface area contributed by atoms with Gasteiger partial charge in [-0.15, -0.1) is 11.3 Å². The molecule has 2 amide bonds. The van der Waals surface area contributed by atoms with E-state index in [4.69, 9.17) is 4.74 Å². The van der Waals surface area contributed by atoms with E-state index in [-0.39, 0.29) is 23.6 Å². The Bertz CT molecular complexity index is 793. The molecule has 1 saturated heterocycles. The molecule has 2 heterocycles. The number of benzene rings is 1. The Morgan fingerprint density at radius 3 is 2.88 bits per heavy atom. The van der Waals surface area contributed by atoms with Crippen molar-refractivity contribution in [2.75, 3.05) is 13.2 Å². The summed E-state index contributed by atoms with van der Waals surface area (Å²) in [6.45, 7) is 3.11. The van der Waals surface area contributed by atoms with Gasteiger partial charge in [0.15, 0.2) is 0 Å². The van der Waals surface area contributed by atoms with Crippen molar-refractivity contribution in [3.63, 3.8) is 0 Å². The second kappa shape index (κ2) is 8.78. The molecule has 1 fully saturated rings. The Morgan fingerprint density at radius 1 is 1.31 bits per heavy atom. The van der Waals surface area contributed by atoms with Crippen LogP contribution in [0.4, 0.5) is 0 Å². The summed E-state index contributed by atoms with van der Waals surface area (Å²) in [4.78, 5) is 26.1. The first-order valence-electron chi connectivity index (χ1n) is 8.65. The van der Waals surface area contributed by atoms with Gasteiger partial charge in [-0.3, -0.25) is 9.59 Å². The van der Waals surface area contributed by atoms with Gasteiger partial charge in [0, 0.05) is 23.6 Å². The van der Waals surface area contributed by atoms with Gasteiger partial charge >= 0.3 is 0 Å². The molecule has 2 aromatic rings. The van der Waals surface area contributed by atoms with E-state index in [1.807, 2.05) is 36.6 Å². The van der Waals surface area contributed by atoms with Crippen molar-refractivity contribution >= 4 is 29.2 Å². The molecular weight excluding hydrogens is 348 g/mol. The molecule has 3 rings (SSSR count). The van der Waals surface area contributed by atoms with Crippen molar-refractivity contribution in [3.8, 4) is 0 Å². The highest BCUT2D eigenvalue weighted by Gasteiger charge is 2.19. The molecule has 0 spiro atoms. The monoisotopic (exact) mass is 370 g/mol. The Kier molecular flexibility index (Phi) is 6.20. The van der Waals surface area contributed by atoms with Crippen LogP contribution in [0.1, 0.15) is 33.6 Å². The van der Waals surface area contributed by atoms with Crippen LogP contribution in [0.2, 0.25) is 0 Å². The first-order valence-corrected chi connectivity index (χ1v) is 9.53. The lowest BCUT2D eigenvalue weighted by Crippen LogP contribution is -2.38. The molecule has 1 aliphatic rings. The normalized spacial score (nSPS) is 17.1. The number of aryl methyl sites for hydroxylation is 1. The zero-order valence-corrected chi connectivity index (χ0v) is 15.5. The molecule has 6 heteroatoms. The number of amides is 2. The molecule has 0 saturated carbocycles. The molecule has 1 aliphatic heterocycles. The maximum Gasteiger partial charge on any atom is 0.267 e. The van der Waals surface area contributed by atoms with E-state index in [9.17, 15) is 9.59 Å². The topological polar surface area (TPSA) is 67.4 Å². The average Bonchev–Trinajstić information content (AvgIpc) is 3.33. The largest absolute Gasteiger partial charge is 0.376 e. The van der Waals surface area contributed by atoms with Crippen LogP contribution < -0.4 is 10.6 Å². The van der Waals surface area contributed by atoms with E-state index in [2.05, 4.69) is 10.6 Å². The standard InChI is InChI=1S/C20H22N2O3S/c1-14-5-2-6-15(11-14)19(23)22-18(12-17-8-4-10-26-17)20(24)21-13-16-7-3-9-25-16/h2,4-6,8,10-12,16H,3,7,9,13H2,1H3,(H,21,24)(H,22,23)/b18-12-. The number of thiophene rings is 1. The predicted octanol–water partition coefficient (Wildman–Crippen LogP) is 3.12. The number of nitrogens with one attached hydrogen (secondary N) is 2. The molecule has 1 aromatic heterocycles. The lowest BCUT2D eigenvalue weighted by atomic mass is 10.1. The maximum atomic E-state index is 12.6. The minimum atomic E-state index is -0.310. The van der Waals surface area contributed by atoms with Gasteiger partial charge in [-0.25, -0.2) is 0 Å². The Hall–Kier alpha value is -2.44. The molecule has 136 valence electrons. The molecule has 0 bridgehead atoms. The molecule has 1 atom stereocenters. The first kappa shape index (κ1) is 18.4. The van der Waals surface area contributed by atoms with Gasteiger partial charge < -0.3 is 15.4 Å². The first-order chi connectivity index (χ1) is 12.6.